The Bertz CT molecular complexity index is 855. The van der Waals surface area contributed by atoms with Crippen LogP contribution in [0.2, 0.25) is 0 Å². The van der Waals surface area contributed by atoms with Gasteiger partial charge in [0.2, 0.25) is 11.8 Å². The molecule has 0 saturated heterocycles. The third-order valence-corrected chi connectivity index (χ3v) is 4.28. The van der Waals surface area contributed by atoms with Gasteiger partial charge in [-0.15, -0.1) is 0 Å². The summed E-state index contributed by atoms with van der Waals surface area (Å²) in [6, 6.07) is 13.8. The molecule has 0 spiro atoms. The van der Waals surface area contributed by atoms with E-state index < -0.39 is 0 Å². The molecule has 0 atom stereocenters. The first-order valence-electron chi connectivity index (χ1n) is 9.05. The van der Waals surface area contributed by atoms with Crippen molar-refractivity contribution in [3.8, 4) is 0 Å². The fourth-order valence-corrected chi connectivity index (χ4v) is 2.46. The molecule has 0 aliphatic heterocycles. The van der Waals surface area contributed by atoms with Gasteiger partial charge in [0.25, 0.3) is 5.91 Å². The maximum atomic E-state index is 12.4. The minimum absolute atomic E-state index is 0.0255. The van der Waals surface area contributed by atoms with E-state index in [1.807, 2.05) is 13.8 Å². The summed E-state index contributed by atoms with van der Waals surface area (Å²) in [4.78, 5) is 36.0. The van der Waals surface area contributed by atoms with Gasteiger partial charge < -0.3 is 16.0 Å². The number of hydrogen-bond donors (Lipinski definition) is 3. The van der Waals surface area contributed by atoms with Crippen molar-refractivity contribution in [3.63, 3.8) is 0 Å². The second kappa shape index (κ2) is 8.03. The van der Waals surface area contributed by atoms with Crippen molar-refractivity contribution in [2.45, 2.75) is 26.7 Å². The molecule has 1 aliphatic carbocycles. The maximum absolute atomic E-state index is 12.4. The van der Waals surface area contributed by atoms with Crippen LogP contribution >= 0.6 is 0 Å². The monoisotopic (exact) mass is 365 g/mol. The molecule has 6 heteroatoms. The summed E-state index contributed by atoms with van der Waals surface area (Å²) in [5.74, 6) is -0.296. The van der Waals surface area contributed by atoms with E-state index in [0.29, 0.717) is 22.6 Å². The van der Waals surface area contributed by atoms with Crippen LogP contribution in [0.4, 0.5) is 17.1 Å². The molecule has 2 aromatic rings. The molecule has 1 fully saturated rings. The lowest BCUT2D eigenvalue weighted by Crippen LogP contribution is -2.18. The van der Waals surface area contributed by atoms with Crippen LogP contribution < -0.4 is 16.0 Å². The van der Waals surface area contributed by atoms with Crippen molar-refractivity contribution in [3.05, 3.63) is 54.1 Å². The van der Waals surface area contributed by atoms with Crippen LogP contribution in [0.15, 0.2) is 48.5 Å². The molecule has 1 aliphatic rings. The minimum atomic E-state index is -0.262. The van der Waals surface area contributed by atoms with E-state index in [2.05, 4.69) is 16.0 Å². The lowest BCUT2D eigenvalue weighted by Gasteiger charge is -2.10. The largest absolute Gasteiger partial charge is 0.326 e. The smallest absolute Gasteiger partial charge is 0.255 e. The summed E-state index contributed by atoms with van der Waals surface area (Å²) in [7, 11) is 0. The third-order valence-electron chi connectivity index (χ3n) is 4.28. The number of carbonyl (C=O) groups excluding carboxylic acids is 3. The van der Waals surface area contributed by atoms with E-state index in [4.69, 9.17) is 0 Å². The fraction of sp³-hybridized carbons (Fsp3) is 0.286. The second-order valence-electron chi connectivity index (χ2n) is 7.02. The van der Waals surface area contributed by atoms with Crippen LogP contribution in [0.5, 0.6) is 0 Å². The Morgan fingerprint density at radius 2 is 1.48 bits per heavy atom. The Morgan fingerprint density at radius 1 is 0.852 bits per heavy atom. The molecule has 6 nitrogen and oxygen atoms in total. The van der Waals surface area contributed by atoms with Crippen LogP contribution in [0.25, 0.3) is 0 Å². The van der Waals surface area contributed by atoms with Crippen LogP contribution in [0, 0.1) is 11.8 Å². The number of carbonyl (C=O) groups is 3. The molecule has 3 N–H and O–H groups in total. The van der Waals surface area contributed by atoms with Crippen molar-refractivity contribution in [2.24, 2.45) is 11.8 Å². The zero-order valence-electron chi connectivity index (χ0n) is 15.4. The number of nitrogens with one attached hydrogen (secondary N) is 3. The summed E-state index contributed by atoms with van der Waals surface area (Å²) in [5.41, 5.74) is 2.39. The second-order valence-corrected chi connectivity index (χ2v) is 7.02. The molecule has 0 unspecified atom stereocenters. The molecule has 3 rings (SSSR count). The Balaban J connectivity index is 1.61. The zero-order valence-corrected chi connectivity index (χ0v) is 15.4. The molecule has 0 aromatic heterocycles. The van der Waals surface area contributed by atoms with Crippen molar-refractivity contribution in [2.75, 3.05) is 16.0 Å². The van der Waals surface area contributed by atoms with E-state index in [9.17, 15) is 14.4 Å². The van der Waals surface area contributed by atoms with Crippen LogP contribution in [-0.2, 0) is 9.59 Å². The van der Waals surface area contributed by atoms with Gasteiger partial charge in [-0.3, -0.25) is 14.4 Å². The lowest BCUT2D eigenvalue weighted by molar-refractivity contribution is -0.119. The molecular weight excluding hydrogens is 342 g/mol. The van der Waals surface area contributed by atoms with Gasteiger partial charge >= 0.3 is 0 Å². The van der Waals surface area contributed by atoms with Crippen molar-refractivity contribution >= 4 is 34.8 Å². The van der Waals surface area contributed by atoms with Gasteiger partial charge in [-0.2, -0.15) is 0 Å². The average Bonchev–Trinajstić information content (AvgIpc) is 3.47. The summed E-state index contributed by atoms with van der Waals surface area (Å²) in [6.07, 6.45) is 1.88. The normalized spacial score (nSPS) is 13.1. The highest BCUT2D eigenvalue weighted by molar-refractivity contribution is 6.05. The molecule has 3 amide bonds. The molecule has 1 saturated carbocycles. The average molecular weight is 365 g/mol. The van der Waals surface area contributed by atoms with Gasteiger partial charge in [-0.05, 0) is 55.3 Å². The summed E-state index contributed by atoms with van der Waals surface area (Å²) in [6.45, 7) is 3.64. The van der Waals surface area contributed by atoms with Gasteiger partial charge in [0.05, 0.1) is 0 Å². The number of hydrogen-bond acceptors (Lipinski definition) is 3. The van der Waals surface area contributed by atoms with E-state index in [1.165, 1.54) is 0 Å². The summed E-state index contributed by atoms with van der Waals surface area (Å²) >= 11 is 0. The van der Waals surface area contributed by atoms with Gasteiger partial charge in [0.15, 0.2) is 0 Å². The quantitative estimate of drug-likeness (QED) is 0.726. The van der Waals surface area contributed by atoms with Gasteiger partial charge in [-0.25, -0.2) is 0 Å². The number of benzene rings is 2. The maximum Gasteiger partial charge on any atom is 0.255 e. The lowest BCUT2D eigenvalue weighted by atomic mass is 10.1. The first-order valence-corrected chi connectivity index (χ1v) is 9.05. The van der Waals surface area contributed by atoms with Gasteiger partial charge in [0.1, 0.15) is 0 Å². The Hall–Kier alpha value is -3.15. The molecule has 27 heavy (non-hydrogen) atoms. The summed E-state index contributed by atoms with van der Waals surface area (Å²) in [5, 5.41) is 8.47. The minimum Gasteiger partial charge on any atom is -0.326 e. The Morgan fingerprint density at radius 3 is 2.07 bits per heavy atom. The first-order chi connectivity index (χ1) is 12.9. The molecule has 0 heterocycles. The Labute approximate surface area is 158 Å². The van der Waals surface area contributed by atoms with E-state index in [-0.39, 0.29) is 29.6 Å². The molecule has 0 radical (unpaired) electrons. The number of amides is 3. The molecule has 0 bridgehead atoms. The summed E-state index contributed by atoms with van der Waals surface area (Å²) < 4.78 is 0. The van der Waals surface area contributed by atoms with Crippen molar-refractivity contribution in [1.82, 2.24) is 0 Å². The van der Waals surface area contributed by atoms with E-state index in [0.717, 1.165) is 12.8 Å². The van der Waals surface area contributed by atoms with Crippen LogP contribution in [0.3, 0.4) is 0 Å². The predicted octanol–water partition coefficient (Wildman–Crippen LogP) is 3.88. The molecule has 2 aromatic carbocycles. The highest BCUT2D eigenvalue weighted by Gasteiger charge is 2.29. The fourth-order valence-electron chi connectivity index (χ4n) is 2.46. The van der Waals surface area contributed by atoms with Crippen LogP contribution in [-0.4, -0.2) is 17.7 Å². The highest BCUT2D eigenvalue weighted by Crippen LogP contribution is 2.30. The SMILES string of the molecule is CC(C)C(=O)Nc1ccc(C(=O)Nc2cccc(NC(=O)C3CC3)c2)cc1. The standard InChI is InChI=1S/C21H23N3O3/c1-13(2)19(25)22-16-10-8-15(9-11-16)21(27)24-18-5-3-4-17(12-18)23-20(26)14-6-7-14/h3-5,8-14H,6-7H2,1-2H3,(H,22,25)(H,23,26)(H,24,27). The highest BCUT2D eigenvalue weighted by atomic mass is 16.2. The molecule has 140 valence electrons. The van der Waals surface area contributed by atoms with E-state index in [1.54, 1.807) is 48.5 Å². The van der Waals surface area contributed by atoms with Gasteiger partial charge in [-0.1, -0.05) is 19.9 Å². The Kier molecular flexibility index (Phi) is 5.54. The van der Waals surface area contributed by atoms with Crippen molar-refractivity contribution in [1.29, 1.82) is 0 Å². The third kappa shape index (κ3) is 5.17. The number of rotatable bonds is 6. The first kappa shape index (κ1) is 18.6. The van der Waals surface area contributed by atoms with Gasteiger partial charge in [0, 0.05) is 34.5 Å². The van der Waals surface area contributed by atoms with Crippen LogP contribution in [0.1, 0.15) is 37.0 Å². The van der Waals surface area contributed by atoms with Crippen molar-refractivity contribution < 1.29 is 14.4 Å². The van der Waals surface area contributed by atoms with E-state index >= 15 is 0 Å². The zero-order chi connectivity index (χ0) is 19.4. The topological polar surface area (TPSA) is 87.3 Å². The predicted molar refractivity (Wildman–Crippen MR) is 106 cm³/mol. The number of anilines is 3. The molecular formula is C21H23N3O3.